The number of thiol groups is 1. The van der Waals surface area contributed by atoms with E-state index < -0.39 is 0 Å². The maximum Gasteiger partial charge on any atom is 0.0302 e. The van der Waals surface area contributed by atoms with Gasteiger partial charge in [-0.25, -0.2) is 0 Å². The Balaban J connectivity index is 2.62. The summed E-state index contributed by atoms with van der Waals surface area (Å²) in [5, 5.41) is 0. The van der Waals surface area contributed by atoms with E-state index in [1.54, 1.807) is 0 Å². The summed E-state index contributed by atoms with van der Waals surface area (Å²) in [4.78, 5) is 1.31. The van der Waals surface area contributed by atoms with E-state index in [9.17, 15) is 0 Å². The second-order valence-corrected chi connectivity index (χ2v) is 4.91. The highest BCUT2D eigenvalue weighted by Crippen LogP contribution is 2.21. The molecule has 2 N–H and O–H groups in total. The van der Waals surface area contributed by atoms with Gasteiger partial charge in [0.1, 0.15) is 0 Å². The van der Waals surface area contributed by atoms with Crippen molar-refractivity contribution in [1.82, 2.24) is 0 Å². The molecule has 0 aliphatic carbocycles. The van der Waals surface area contributed by atoms with Gasteiger partial charge in [0.05, 0.1) is 0 Å². The molecule has 0 aromatic heterocycles. The van der Waals surface area contributed by atoms with Crippen molar-refractivity contribution in [2.45, 2.75) is 24.3 Å². The Bertz CT molecular complexity index is 258. The molecule has 1 rings (SSSR count). The summed E-state index contributed by atoms with van der Waals surface area (Å²) in [6, 6.07) is 8.65. The second-order valence-electron chi connectivity index (χ2n) is 3.12. The first-order valence-corrected chi connectivity index (χ1v) is 6.49. The minimum Gasteiger partial charge on any atom is -0.324 e. The van der Waals surface area contributed by atoms with Crippen LogP contribution in [0.1, 0.15) is 24.9 Å². The Morgan fingerprint density at radius 3 is 2.50 bits per heavy atom. The van der Waals surface area contributed by atoms with Crippen molar-refractivity contribution in [1.29, 1.82) is 0 Å². The largest absolute Gasteiger partial charge is 0.324 e. The van der Waals surface area contributed by atoms with Gasteiger partial charge < -0.3 is 5.73 Å². The molecule has 0 aliphatic rings. The van der Waals surface area contributed by atoms with Crippen LogP contribution in [-0.2, 0) is 0 Å². The number of hydrogen-bond acceptors (Lipinski definition) is 3. The molecule has 1 nitrogen and oxygen atoms in total. The lowest BCUT2D eigenvalue weighted by Gasteiger charge is -2.10. The Labute approximate surface area is 95.9 Å². The summed E-state index contributed by atoms with van der Waals surface area (Å²) in [6.07, 6.45) is 0.934. The van der Waals surface area contributed by atoms with Gasteiger partial charge >= 0.3 is 0 Å². The molecule has 0 radical (unpaired) electrons. The normalized spacial score (nSPS) is 12.8. The lowest BCUT2D eigenvalue weighted by molar-refractivity contribution is 0.706. The molecule has 0 saturated carbocycles. The fourth-order valence-electron chi connectivity index (χ4n) is 1.28. The summed E-state index contributed by atoms with van der Waals surface area (Å²) >= 11 is 6.03. The van der Waals surface area contributed by atoms with E-state index in [0.717, 1.165) is 17.9 Å². The van der Waals surface area contributed by atoms with Gasteiger partial charge in [-0.05, 0) is 35.6 Å². The molecule has 0 bridgehead atoms. The van der Waals surface area contributed by atoms with Crippen molar-refractivity contribution in [2.75, 3.05) is 11.5 Å². The smallest absolute Gasteiger partial charge is 0.0302 e. The average molecular weight is 227 g/mol. The van der Waals surface area contributed by atoms with E-state index in [4.69, 9.17) is 5.73 Å². The zero-order chi connectivity index (χ0) is 10.4. The average Bonchev–Trinajstić information content (AvgIpc) is 2.20. The highest BCUT2D eigenvalue weighted by molar-refractivity contribution is 7.99. The molecule has 0 heterocycles. The number of thioether (sulfide) groups is 1. The molecule has 1 aromatic rings. The van der Waals surface area contributed by atoms with E-state index >= 15 is 0 Å². The van der Waals surface area contributed by atoms with Gasteiger partial charge in [0.2, 0.25) is 0 Å². The van der Waals surface area contributed by atoms with E-state index in [2.05, 4.69) is 43.8 Å². The lowest BCUT2D eigenvalue weighted by Crippen LogP contribution is -2.10. The third-order valence-electron chi connectivity index (χ3n) is 2.06. The molecule has 0 fully saturated rings. The van der Waals surface area contributed by atoms with Gasteiger partial charge in [0, 0.05) is 10.9 Å². The molecule has 14 heavy (non-hydrogen) atoms. The second kappa shape index (κ2) is 6.38. The topological polar surface area (TPSA) is 26.0 Å². The number of hydrogen-bond donors (Lipinski definition) is 2. The Kier molecular flexibility index (Phi) is 5.45. The van der Waals surface area contributed by atoms with Gasteiger partial charge in [-0.15, -0.1) is 11.8 Å². The summed E-state index contributed by atoms with van der Waals surface area (Å²) in [6.45, 7) is 2.16. The molecule has 0 spiro atoms. The maximum absolute atomic E-state index is 5.97. The molecule has 0 amide bonds. The number of rotatable bonds is 5. The molecular weight excluding hydrogens is 210 g/mol. The minimum absolute atomic E-state index is 0.133. The van der Waals surface area contributed by atoms with Crippen molar-refractivity contribution in [3.63, 3.8) is 0 Å². The molecule has 0 aliphatic heterocycles. The first-order valence-electron chi connectivity index (χ1n) is 4.87. The van der Waals surface area contributed by atoms with E-state index in [1.807, 2.05) is 11.8 Å². The van der Waals surface area contributed by atoms with E-state index in [0.29, 0.717) is 0 Å². The van der Waals surface area contributed by atoms with Crippen LogP contribution in [0.4, 0.5) is 0 Å². The minimum atomic E-state index is 0.133. The van der Waals surface area contributed by atoms with Gasteiger partial charge in [-0.3, -0.25) is 0 Å². The van der Waals surface area contributed by atoms with Crippen LogP contribution in [0.2, 0.25) is 0 Å². The zero-order valence-electron chi connectivity index (χ0n) is 8.44. The van der Waals surface area contributed by atoms with Crippen LogP contribution in [0.5, 0.6) is 0 Å². The SMILES string of the molecule is CCSc1ccc(C(N)CCS)cc1. The van der Waals surface area contributed by atoms with Crippen molar-refractivity contribution < 1.29 is 0 Å². The fraction of sp³-hybridized carbons (Fsp3) is 0.455. The molecule has 0 saturated heterocycles. The Hall–Kier alpha value is -0.120. The van der Waals surface area contributed by atoms with Gasteiger partial charge in [-0.2, -0.15) is 12.6 Å². The fourth-order valence-corrected chi connectivity index (χ4v) is 2.22. The molecule has 78 valence electrons. The van der Waals surface area contributed by atoms with Crippen molar-refractivity contribution in [2.24, 2.45) is 5.73 Å². The van der Waals surface area contributed by atoms with Crippen LogP contribution in [0, 0.1) is 0 Å². The summed E-state index contributed by atoms with van der Waals surface area (Å²) in [5.41, 5.74) is 7.18. The monoisotopic (exact) mass is 227 g/mol. The first-order chi connectivity index (χ1) is 6.77. The van der Waals surface area contributed by atoms with Gasteiger partial charge in [0.15, 0.2) is 0 Å². The molecule has 1 aromatic carbocycles. The predicted molar refractivity (Wildman–Crippen MR) is 68.2 cm³/mol. The number of nitrogens with two attached hydrogens (primary N) is 1. The van der Waals surface area contributed by atoms with Crippen molar-refractivity contribution in [3.8, 4) is 0 Å². The van der Waals surface area contributed by atoms with Crippen LogP contribution in [-0.4, -0.2) is 11.5 Å². The molecule has 3 heteroatoms. The standard InChI is InChI=1S/C11H17NS2/c1-2-14-10-5-3-9(4-6-10)11(12)7-8-13/h3-6,11,13H,2,7-8,12H2,1H3. The molecular formula is C11H17NS2. The highest BCUT2D eigenvalue weighted by Gasteiger charge is 2.03. The van der Waals surface area contributed by atoms with Crippen LogP contribution in [0.25, 0.3) is 0 Å². The van der Waals surface area contributed by atoms with E-state index in [1.165, 1.54) is 10.5 Å². The van der Waals surface area contributed by atoms with Crippen LogP contribution in [0.15, 0.2) is 29.2 Å². The van der Waals surface area contributed by atoms with Gasteiger partial charge in [-0.1, -0.05) is 19.1 Å². The lowest BCUT2D eigenvalue weighted by atomic mass is 10.1. The van der Waals surface area contributed by atoms with Crippen LogP contribution >= 0.6 is 24.4 Å². The summed E-state index contributed by atoms with van der Waals surface area (Å²) in [7, 11) is 0. The van der Waals surface area contributed by atoms with Gasteiger partial charge in [0.25, 0.3) is 0 Å². The van der Waals surface area contributed by atoms with Crippen molar-refractivity contribution in [3.05, 3.63) is 29.8 Å². The van der Waals surface area contributed by atoms with Crippen molar-refractivity contribution >= 4 is 24.4 Å². The molecule has 1 atom stereocenters. The zero-order valence-corrected chi connectivity index (χ0v) is 10.2. The molecule has 1 unspecified atom stereocenters. The Morgan fingerprint density at radius 2 is 2.00 bits per heavy atom. The third kappa shape index (κ3) is 3.56. The van der Waals surface area contributed by atoms with E-state index in [-0.39, 0.29) is 6.04 Å². The third-order valence-corrected chi connectivity index (χ3v) is 3.21. The van der Waals surface area contributed by atoms with Crippen LogP contribution in [0.3, 0.4) is 0 Å². The predicted octanol–water partition coefficient (Wildman–Crippen LogP) is 3.12. The summed E-state index contributed by atoms with van der Waals surface area (Å²) in [5.74, 6) is 1.95. The highest BCUT2D eigenvalue weighted by atomic mass is 32.2. The Morgan fingerprint density at radius 1 is 1.36 bits per heavy atom. The quantitative estimate of drug-likeness (QED) is 0.597. The number of benzene rings is 1. The summed E-state index contributed by atoms with van der Waals surface area (Å²) < 4.78 is 0. The van der Waals surface area contributed by atoms with Crippen LogP contribution < -0.4 is 5.73 Å². The maximum atomic E-state index is 5.97. The first kappa shape index (κ1) is 12.0.